The van der Waals surface area contributed by atoms with Crippen LogP contribution >= 0.6 is 11.8 Å². The fourth-order valence-corrected chi connectivity index (χ4v) is 3.18. The standard InChI is InChI=1S/C16H10F2N4S/c17-11-6-7-12(13(18)8-11)14-9-23-16-20-19-15(22(16)21-14)10-4-2-1-3-5-10/h1-8H,9H2. The van der Waals surface area contributed by atoms with Gasteiger partial charge in [-0.15, -0.1) is 10.2 Å². The van der Waals surface area contributed by atoms with E-state index in [1.807, 2.05) is 30.3 Å². The van der Waals surface area contributed by atoms with Crippen LogP contribution in [0.3, 0.4) is 0 Å². The first-order valence-corrected chi connectivity index (χ1v) is 7.88. The molecule has 4 rings (SSSR count). The molecule has 0 N–H and O–H groups in total. The molecule has 1 aliphatic heterocycles. The van der Waals surface area contributed by atoms with Crippen molar-refractivity contribution in [3.05, 3.63) is 65.7 Å². The zero-order chi connectivity index (χ0) is 15.8. The maximum Gasteiger partial charge on any atom is 0.212 e. The van der Waals surface area contributed by atoms with Gasteiger partial charge in [-0.2, -0.15) is 9.78 Å². The normalized spacial score (nSPS) is 13.6. The molecule has 0 saturated carbocycles. The Morgan fingerprint density at radius 1 is 1.00 bits per heavy atom. The lowest BCUT2D eigenvalue weighted by Gasteiger charge is -2.14. The second-order valence-electron chi connectivity index (χ2n) is 4.94. The predicted octanol–water partition coefficient (Wildman–Crippen LogP) is 3.58. The van der Waals surface area contributed by atoms with E-state index < -0.39 is 11.6 Å². The highest BCUT2D eigenvalue weighted by Gasteiger charge is 2.22. The van der Waals surface area contributed by atoms with Crippen LogP contribution in [0.2, 0.25) is 0 Å². The van der Waals surface area contributed by atoms with Crippen LogP contribution < -0.4 is 0 Å². The molecular formula is C16H10F2N4S. The molecule has 0 atom stereocenters. The highest BCUT2D eigenvalue weighted by molar-refractivity contribution is 7.99. The Hall–Kier alpha value is -2.54. The van der Waals surface area contributed by atoms with E-state index in [9.17, 15) is 8.78 Å². The number of thioether (sulfide) groups is 1. The van der Waals surface area contributed by atoms with Gasteiger partial charge in [0.1, 0.15) is 11.6 Å². The van der Waals surface area contributed by atoms with Crippen molar-refractivity contribution in [1.82, 2.24) is 14.9 Å². The molecule has 0 radical (unpaired) electrons. The molecule has 2 aromatic carbocycles. The summed E-state index contributed by atoms with van der Waals surface area (Å²) in [4.78, 5) is 0. The molecule has 0 unspecified atom stereocenters. The predicted molar refractivity (Wildman–Crippen MR) is 84.5 cm³/mol. The van der Waals surface area contributed by atoms with Gasteiger partial charge in [-0.3, -0.25) is 0 Å². The number of halogens is 2. The monoisotopic (exact) mass is 328 g/mol. The number of rotatable bonds is 2. The van der Waals surface area contributed by atoms with Crippen LogP contribution in [-0.4, -0.2) is 26.3 Å². The van der Waals surface area contributed by atoms with Crippen LogP contribution in [-0.2, 0) is 0 Å². The number of fused-ring (bicyclic) bond motifs is 1. The minimum absolute atomic E-state index is 0.289. The van der Waals surface area contributed by atoms with Crippen LogP contribution in [0.1, 0.15) is 5.56 Å². The summed E-state index contributed by atoms with van der Waals surface area (Å²) in [5.41, 5.74) is 1.69. The highest BCUT2D eigenvalue weighted by Crippen LogP contribution is 2.28. The third-order valence-electron chi connectivity index (χ3n) is 3.44. The Morgan fingerprint density at radius 3 is 2.61 bits per heavy atom. The Balaban J connectivity index is 1.82. The zero-order valence-electron chi connectivity index (χ0n) is 11.8. The quantitative estimate of drug-likeness (QED) is 0.722. The number of aromatic nitrogens is 3. The molecule has 0 amide bonds. The molecule has 0 bridgehead atoms. The summed E-state index contributed by atoms with van der Waals surface area (Å²) in [6.45, 7) is 0. The molecule has 114 valence electrons. The summed E-state index contributed by atoms with van der Waals surface area (Å²) in [7, 11) is 0. The van der Waals surface area contributed by atoms with Crippen molar-refractivity contribution in [2.24, 2.45) is 5.10 Å². The molecular weight excluding hydrogens is 318 g/mol. The van der Waals surface area contributed by atoms with Crippen LogP contribution in [0, 0.1) is 11.6 Å². The van der Waals surface area contributed by atoms with Gasteiger partial charge in [0.25, 0.3) is 0 Å². The fraction of sp³-hybridized carbons (Fsp3) is 0.0625. The van der Waals surface area contributed by atoms with Crippen LogP contribution in [0.5, 0.6) is 0 Å². The minimum Gasteiger partial charge on any atom is -0.207 e. The molecule has 2 heterocycles. The van der Waals surface area contributed by atoms with E-state index in [2.05, 4.69) is 15.3 Å². The summed E-state index contributed by atoms with van der Waals surface area (Å²) in [6, 6.07) is 13.0. The topological polar surface area (TPSA) is 43.1 Å². The second kappa shape index (κ2) is 5.58. The van der Waals surface area contributed by atoms with Gasteiger partial charge in [0.2, 0.25) is 5.16 Å². The highest BCUT2D eigenvalue weighted by atomic mass is 32.2. The maximum absolute atomic E-state index is 14.0. The number of nitrogens with zero attached hydrogens (tertiary/aromatic N) is 4. The first kappa shape index (κ1) is 14.1. The summed E-state index contributed by atoms with van der Waals surface area (Å²) in [5.74, 6) is -0.185. The third-order valence-corrected chi connectivity index (χ3v) is 4.38. The molecule has 1 aliphatic rings. The van der Waals surface area contributed by atoms with Crippen molar-refractivity contribution in [3.63, 3.8) is 0 Å². The van der Waals surface area contributed by atoms with Crippen LogP contribution in [0.15, 0.2) is 58.8 Å². The number of hydrogen-bond acceptors (Lipinski definition) is 4. The van der Waals surface area contributed by atoms with Gasteiger partial charge in [-0.1, -0.05) is 42.1 Å². The molecule has 3 aromatic rings. The maximum atomic E-state index is 14.0. The summed E-state index contributed by atoms with van der Waals surface area (Å²) in [5, 5.41) is 13.4. The SMILES string of the molecule is Fc1ccc(C2=Nn3c(nnc3-c3ccccc3)SC2)c(F)c1. The molecule has 0 fully saturated rings. The van der Waals surface area contributed by atoms with Crippen molar-refractivity contribution < 1.29 is 8.78 Å². The number of benzene rings is 2. The molecule has 4 nitrogen and oxygen atoms in total. The molecule has 23 heavy (non-hydrogen) atoms. The van der Waals surface area contributed by atoms with Crippen molar-refractivity contribution in [3.8, 4) is 11.4 Å². The van der Waals surface area contributed by atoms with Gasteiger partial charge in [0, 0.05) is 22.9 Å². The Morgan fingerprint density at radius 2 is 1.83 bits per heavy atom. The van der Waals surface area contributed by atoms with E-state index >= 15 is 0 Å². The molecule has 1 aromatic heterocycles. The number of hydrogen-bond donors (Lipinski definition) is 0. The largest absolute Gasteiger partial charge is 0.212 e. The van der Waals surface area contributed by atoms with Gasteiger partial charge in [-0.05, 0) is 12.1 Å². The lowest BCUT2D eigenvalue weighted by molar-refractivity contribution is 0.581. The third kappa shape index (κ3) is 2.53. The van der Waals surface area contributed by atoms with Gasteiger partial charge in [0.05, 0.1) is 5.71 Å². The van der Waals surface area contributed by atoms with Crippen LogP contribution in [0.4, 0.5) is 8.78 Å². The Kier molecular flexibility index (Phi) is 3.42. The van der Waals surface area contributed by atoms with Gasteiger partial charge in [-0.25, -0.2) is 8.78 Å². The van der Waals surface area contributed by atoms with E-state index in [-0.39, 0.29) is 5.56 Å². The lowest BCUT2D eigenvalue weighted by atomic mass is 10.1. The van der Waals surface area contributed by atoms with Crippen molar-refractivity contribution >= 4 is 17.5 Å². The Labute approximate surface area is 134 Å². The Bertz CT molecular complexity index is 906. The average Bonchev–Trinajstić information content (AvgIpc) is 2.99. The minimum atomic E-state index is -0.623. The fourth-order valence-electron chi connectivity index (χ4n) is 2.35. The van der Waals surface area contributed by atoms with Crippen molar-refractivity contribution in [1.29, 1.82) is 0 Å². The molecule has 0 spiro atoms. The smallest absolute Gasteiger partial charge is 0.207 e. The molecule has 7 heteroatoms. The first-order valence-electron chi connectivity index (χ1n) is 6.89. The van der Waals surface area contributed by atoms with Gasteiger partial charge in [0.15, 0.2) is 5.82 Å². The van der Waals surface area contributed by atoms with E-state index in [1.54, 1.807) is 4.68 Å². The van der Waals surface area contributed by atoms with E-state index in [4.69, 9.17) is 0 Å². The van der Waals surface area contributed by atoms with E-state index in [0.717, 1.165) is 11.6 Å². The summed E-state index contributed by atoms with van der Waals surface area (Å²) in [6.07, 6.45) is 0. The molecule has 0 saturated heterocycles. The average molecular weight is 328 g/mol. The van der Waals surface area contributed by atoms with Gasteiger partial charge < -0.3 is 0 Å². The zero-order valence-corrected chi connectivity index (χ0v) is 12.6. The first-order chi connectivity index (χ1) is 11.2. The van der Waals surface area contributed by atoms with Crippen molar-refractivity contribution in [2.75, 3.05) is 5.75 Å². The van der Waals surface area contributed by atoms with Gasteiger partial charge >= 0.3 is 0 Å². The summed E-state index contributed by atoms with van der Waals surface area (Å²) < 4.78 is 28.7. The van der Waals surface area contributed by atoms with E-state index in [0.29, 0.717) is 22.4 Å². The molecule has 0 aliphatic carbocycles. The second-order valence-corrected chi connectivity index (χ2v) is 5.89. The van der Waals surface area contributed by atoms with E-state index in [1.165, 1.54) is 23.9 Å². The lowest BCUT2D eigenvalue weighted by Crippen LogP contribution is -2.15. The summed E-state index contributed by atoms with van der Waals surface area (Å²) >= 11 is 1.42. The van der Waals surface area contributed by atoms with Crippen LogP contribution in [0.25, 0.3) is 11.4 Å². The van der Waals surface area contributed by atoms with Crippen molar-refractivity contribution in [2.45, 2.75) is 5.16 Å².